The Morgan fingerprint density at radius 3 is 3.23 bits per heavy atom. The molecule has 1 unspecified atom stereocenters. The van der Waals surface area contributed by atoms with Crippen LogP contribution < -0.4 is 5.32 Å². The number of nitrogens with zero attached hydrogens (tertiary/aromatic N) is 4. The summed E-state index contributed by atoms with van der Waals surface area (Å²) in [6, 6.07) is 0. The van der Waals surface area contributed by atoms with Crippen LogP contribution in [0.15, 0.2) is 0 Å². The molecule has 1 saturated heterocycles. The molecule has 1 fully saturated rings. The molecule has 72 valence electrons. The summed E-state index contributed by atoms with van der Waals surface area (Å²) in [5.41, 5.74) is 0. The molecule has 0 saturated carbocycles. The molecule has 5 heteroatoms. The Morgan fingerprint density at radius 2 is 2.54 bits per heavy atom. The molecule has 2 rings (SSSR count). The summed E-state index contributed by atoms with van der Waals surface area (Å²) < 4.78 is 0. The number of rotatable bonds is 3. The van der Waals surface area contributed by atoms with Crippen molar-refractivity contribution in [1.82, 2.24) is 25.5 Å². The second kappa shape index (κ2) is 3.83. The van der Waals surface area contributed by atoms with Crippen LogP contribution in [0.2, 0.25) is 0 Å². The Hall–Kier alpha value is -0.970. The van der Waals surface area contributed by atoms with E-state index in [2.05, 4.69) is 27.7 Å². The lowest BCUT2D eigenvalue weighted by atomic mass is 10.1. The van der Waals surface area contributed by atoms with Gasteiger partial charge in [0.15, 0.2) is 5.82 Å². The van der Waals surface area contributed by atoms with Gasteiger partial charge < -0.3 is 5.32 Å². The number of tetrazole rings is 1. The summed E-state index contributed by atoms with van der Waals surface area (Å²) >= 11 is 0. The number of nitrogens with one attached hydrogen (secondary N) is 1. The predicted octanol–water partition coefficient (Wildman–Crippen LogP) is 0.160. The molecule has 0 aliphatic carbocycles. The highest BCUT2D eigenvalue weighted by Gasteiger charge is 2.20. The van der Waals surface area contributed by atoms with E-state index in [-0.39, 0.29) is 0 Å². The SMILES string of the molecule is CCCn1nnc(C2CCNC2)n1. The second-order valence-corrected chi connectivity index (χ2v) is 3.43. The van der Waals surface area contributed by atoms with Gasteiger partial charge in [0.05, 0.1) is 6.54 Å². The van der Waals surface area contributed by atoms with Gasteiger partial charge >= 0.3 is 0 Å². The molecular weight excluding hydrogens is 166 g/mol. The van der Waals surface area contributed by atoms with Crippen LogP contribution in [0, 0.1) is 0 Å². The summed E-state index contributed by atoms with van der Waals surface area (Å²) in [6.07, 6.45) is 2.19. The van der Waals surface area contributed by atoms with Crippen LogP contribution in [0.25, 0.3) is 0 Å². The third kappa shape index (κ3) is 1.85. The Kier molecular flexibility index (Phi) is 2.54. The first-order valence-corrected chi connectivity index (χ1v) is 4.88. The van der Waals surface area contributed by atoms with Gasteiger partial charge in [-0.25, -0.2) is 0 Å². The first kappa shape index (κ1) is 8.62. The third-order valence-electron chi connectivity index (χ3n) is 2.32. The van der Waals surface area contributed by atoms with Crippen molar-refractivity contribution in [2.24, 2.45) is 0 Å². The molecule has 1 N–H and O–H groups in total. The molecular formula is C8H15N5. The fraction of sp³-hybridized carbons (Fsp3) is 0.875. The lowest BCUT2D eigenvalue weighted by Crippen LogP contribution is -2.09. The molecule has 1 aromatic heterocycles. The molecule has 0 radical (unpaired) electrons. The summed E-state index contributed by atoms with van der Waals surface area (Å²) in [5, 5.41) is 15.7. The molecule has 0 aromatic carbocycles. The topological polar surface area (TPSA) is 55.6 Å². The van der Waals surface area contributed by atoms with Crippen molar-refractivity contribution in [3.63, 3.8) is 0 Å². The number of aryl methyl sites for hydroxylation is 1. The molecule has 1 aromatic rings. The van der Waals surface area contributed by atoms with E-state index in [1.165, 1.54) is 0 Å². The van der Waals surface area contributed by atoms with Gasteiger partial charge in [-0.15, -0.1) is 10.2 Å². The molecule has 0 spiro atoms. The van der Waals surface area contributed by atoms with Crippen molar-refractivity contribution in [2.75, 3.05) is 13.1 Å². The summed E-state index contributed by atoms with van der Waals surface area (Å²) in [7, 11) is 0. The fourth-order valence-electron chi connectivity index (χ4n) is 1.59. The molecule has 1 aliphatic heterocycles. The van der Waals surface area contributed by atoms with E-state index in [0.717, 1.165) is 38.3 Å². The van der Waals surface area contributed by atoms with Gasteiger partial charge in [0.2, 0.25) is 0 Å². The second-order valence-electron chi connectivity index (χ2n) is 3.43. The largest absolute Gasteiger partial charge is 0.316 e. The summed E-state index contributed by atoms with van der Waals surface area (Å²) in [6.45, 7) is 5.05. The zero-order valence-corrected chi connectivity index (χ0v) is 7.90. The molecule has 1 atom stereocenters. The molecule has 0 amide bonds. The predicted molar refractivity (Wildman–Crippen MR) is 48.3 cm³/mol. The minimum atomic E-state index is 0.477. The maximum Gasteiger partial charge on any atom is 0.179 e. The first-order chi connectivity index (χ1) is 6.40. The van der Waals surface area contributed by atoms with Gasteiger partial charge in [-0.05, 0) is 24.6 Å². The van der Waals surface area contributed by atoms with Crippen molar-refractivity contribution < 1.29 is 0 Å². The third-order valence-corrected chi connectivity index (χ3v) is 2.32. The smallest absolute Gasteiger partial charge is 0.179 e. The van der Waals surface area contributed by atoms with Gasteiger partial charge in [-0.3, -0.25) is 0 Å². The van der Waals surface area contributed by atoms with E-state index < -0.39 is 0 Å². The van der Waals surface area contributed by atoms with Crippen molar-refractivity contribution >= 4 is 0 Å². The van der Waals surface area contributed by atoms with Crippen LogP contribution in [-0.2, 0) is 6.54 Å². The quantitative estimate of drug-likeness (QED) is 0.721. The van der Waals surface area contributed by atoms with Gasteiger partial charge in [0.1, 0.15) is 0 Å². The summed E-state index contributed by atoms with van der Waals surface area (Å²) in [5.74, 6) is 1.38. The van der Waals surface area contributed by atoms with Crippen LogP contribution in [-0.4, -0.2) is 33.3 Å². The number of hydrogen-bond acceptors (Lipinski definition) is 4. The molecule has 13 heavy (non-hydrogen) atoms. The van der Waals surface area contributed by atoms with Gasteiger partial charge in [0, 0.05) is 12.5 Å². The van der Waals surface area contributed by atoms with Crippen molar-refractivity contribution in [2.45, 2.75) is 32.2 Å². The number of hydrogen-bond donors (Lipinski definition) is 1. The van der Waals surface area contributed by atoms with Crippen LogP contribution in [0.4, 0.5) is 0 Å². The van der Waals surface area contributed by atoms with E-state index in [1.54, 1.807) is 4.80 Å². The normalized spacial score (nSPS) is 22.4. The Bertz CT molecular complexity index is 263. The Balaban J connectivity index is 2.03. The van der Waals surface area contributed by atoms with Crippen molar-refractivity contribution in [3.8, 4) is 0 Å². The Labute approximate surface area is 77.5 Å². The molecule has 2 heterocycles. The molecule has 1 aliphatic rings. The molecule has 5 nitrogen and oxygen atoms in total. The molecule has 0 bridgehead atoms. The zero-order chi connectivity index (χ0) is 9.10. The Morgan fingerprint density at radius 1 is 1.62 bits per heavy atom. The highest BCUT2D eigenvalue weighted by atomic mass is 15.6. The van der Waals surface area contributed by atoms with E-state index in [1.807, 2.05) is 0 Å². The van der Waals surface area contributed by atoms with E-state index in [9.17, 15) is 0 Å². The van der Waals surface area contributed by atoms with E-state index >= 15 is 0 Å². The lowest BCUT2D eigenvalue weighted by Gasteiger charge is -1.99. The monoisotopic (exact) mass is 181 g/mol. The minimum Gasteiger partial charge on any atom is -0.316 e. The van der Waals surface area contributed by atoms with Crippen LogP contribution in [0.5, 0.6) is 0 Å². The highest BCUT2D eigenvalue weighted by molar-refractivity contribution is 4.96. The number of aromatic nitrogens is 4. The van der Waals surface area contributed by atoms with E-state index in [0.29, 0.717) is 5.92 Å². The van der Waals surface area contributed by atoms with Gasteiger partial charge in [0.25, 0.3) is 0 Å². The fourth-order valence-corrected chi connectivity index (χ4v) is 1.59. The standard InChI is InChI=1S/C8H15N5/c1-2-5-13-11-8(10-12-13)7-3-4-9-6-7/h7,9H,2-6H2,1H3. The van der Waals surface area contributed by atoms with Crippen LogP contribution in [0.1, 0.15) is 31.5 Å². The minimum absolute atomic E-state index is 0.477. The van der Waals surface area contributed by atoms with Crippen molar-refractivity contribution in [1.29, 1.82) is 0 Å². The van der Waals surface area contributed by atoms with Gasteiger partial charge in [-0.1, -0.05) is 6.92 Å². The average Bonchev–Trinajstić information content (AvgIpc) is 2.70. The summed E-state index contributed by atoms with van der Waals surface area (Å²) in [4.78, 5) is 1.69. The average molecular weight is 181 g/mol. The van der Waals surface area contributed by atoms with Crippen LogP contribution in [0.3, 0.4) is 0 Å². The maximum absolute atomic E-state index is 4.34. The zero-order valence-electron chi connectivity index (χ0n) is 7.90. The van der Waals surface area contributed by atoms with Crippen molar-refractivity contribution in [3.05, 3.63) is 5.82 Å². The lowest BCUT2D eigenvalue weighted by molar-refractivity contribution is 0.511. The van der Waals surface area contributed by atoms with E-state index in [4.69, 9.17) is 0 Å². The highest BCUT2D eigenvalue weighted by Crippen LogP contribution is 2.17. The van der Waals surface area contributed by atoms with Gasteiger partial charge in [-0.2, -0.15) is 4.80 Å². The first-order valence-electron chi connectivity index (χ1n) is 4.88. The van der Waals surface area contributed by atoms with Crippen LogP contribution >= 0.6 is 0 Å². The maximum atomic E-state index is 4.34.